The molecule has 0 unspecified atom stereocenters. The number of rotatable bonds is 7. The predicted octanol–water partition coefficient (Wildman–Crippen LogP) is 2.37. The molecule has 102 valence electrons. The number of nitrogens with one attached hydrogen (secondary N) is 1. The Morgan fingerprint density at radius 3 is 2.83 bits per heavy atom. The Kier molecular flexibility index (Phi) is 5.41. The van der Waals surface area contributed by atoms with Gasteiger partial charge >= 0.3 is 0 Å². The van der Waals surface area contributed by atoms with Crippen LogP contribution in [0.5, 0.6) is 0 Å². The van der Waals surface area contributed by atoms with Gasteiger partial charge in [-0.15, -0.1) is 0 Å². The molecule has 1 amide bonds. The standard InChI is InChI=1S/C14H23NO3/c1-4-12-11(6-9-18-12)13(17)15-10-14(2,3)7-5-8-16/h6,9,16H,4-5,7-8,10H2,1-3H3,(H,15,17). The van der Waals surface area contributed by atoms with Crippen LogP contribution in [0.2, 0.25) is 0 Å². The molecule has 0 aromatic carbocycles. The molecule has 1 heterocycles. The van der Waals surface area contributed by atoms with Crippen molar-refractivity contribution < 1.29 is 14.3 Å². The molecule has 4 heteroatoms. The van der Waals surface area contributed by atoms with Crippen LogP contribution in [0.3, 0.4) is 0 Å². The second kappa shape index (κ2) is 6.59. The molecule has 18 heavy (non-hydrogen) atoms. The van der Waals surface area contributed by atoms with Crippen molar-refractivity contribution in [2.45, 2.75) is 40.0 Å². The molecular formula is C14H23NO3. The summed E-state index contributed by atoms with van der Waals surface area (Å²) in [6.07, 6.45) is 3.90. The minimum Gasteiger partial charge on any atom is -0.469 e. The van der Waals surface area contributed by atoms with Gasteiger partial charge in [-0.05, 0) is 24.3 Å². The zero-order valence-electron chi connectivity index (χ0n) is 11.5. The molecule has 0 aliphatic rings. The number of carbonyl (C=O) groups is 1. The lowest BCUT2D eigenvalue weighted by Crippen LogP contribution is -2.34. The first kappa shape index (κ1) is 14.8. The highest BCUT2D eigenvalue weighted by Gasteiger charge is 2.20. The van der Waals surface area contributed by atoms with Crippen molar-refractivity contribution in [3.8, 4) is 0 Å². The molecule has 1 aromatic rings. The maximum absolute atomic E-state index is 12.0. The van der Waals surface area contributed by atoms with Crippen LogP contribution in [0.15, 0.2) is 16.7 Å². The number of aliphatic hydroxyl groups excluding tert-OH is 1. The lowest BCUT2D eigenvalue weighted by atomic mass is 9.88. The van der Waals surface area contributed by atoms with E-state index in [0.717, 1.165) is 18.6 Å². The number of hydrogen-bond donors (Lipinski definition) is 2. The average molecular weight is 253 g/mol. The lowest BCUT2D eigenvalue weighted by Gasteiger charge is -2.24. The minimum absolute atomic E-state index is 0.00545. The zero-order chi connectivity index (χ0) is 13.6. The summed E-state index contributed by atoms with van der Waals surface area (Å²) in [4.78, 5) is 12.0. The van der Waals surface area contributed by atoms with Crippen LogP contribution in [0.1, 0.15) is 49.7 Å². The molecule has 0 saturated heterocycles. The van der Waals surface area contributed by atoms with Crippen LogP contribution < -0.4 is 5.32 Å². The molecule has 4 nitrogen and oxygen atoms in total. The summed E-state index contributed by atoms with van der Waals surface area (Å²) in [6.45, 7) is 6.91. The second-order valence-electron chi connectivity index (χ2n) is 5.29. The van der Waals surface area contributed by atoms with Crippen molar-refractivity contribution in [3.05, 3.63) is 23.7 Å². The fourth-order valence-corrected chi connectivity index (χ4v) is 1.88. The maximum atomic E-state index is 12.0. The number of furan rings is 1. The van der Waals surface area contributed by atoms with Crippen molar-refractivity contribution in [1.29, 1.82) is 0 Å². The third-order valence-electron chi connectivity index (χ3n) is 3.05. The fraction of sp³-hybridized carbons (Fsp3) is 0.643. The van der Waals surface area contributed by atoms with Crippen LogP contribution >= 0.6 is 0 Å². The lowest BCUT2D eigenvalue weighted by molar-refractivity contribution is 0.0931. The summed E-state index contributed by atoms with van der Waals surface area (Å²) in [7, 11) is 0. The van der Waals surface area contributed by atoms with E-state index in [0.29, 0.717) is 18.5 Å². The van der Waals surface area contributed by atoms with E-state index >= 15 is 0 Å². The van der Waals surface area contributed by atoms with E-state index in [1.54, 1.807) is 12.3 Å². The quantitative estimate of drug-likeness (QED) is 0.784. The molecule has 0 bridgehead atoms. The van der Waals surface area contributed by atoms with E-state index in [4.69, 9.17) is 9.52 Å². The number of aryl methyl sites for hydroxylation is 1. The summed E-state index contributed by atoms with van der Waals surface area (Å²) in [5, 5.41) is 11.8. The van der Waals surface area contributed by atoms with Gasteiger partial charge in [-0.25, -0.2) is 0 Å². The maximum Gasteiger partial charge on any atom is 0.254 e. The summed E-state index contributed by atoms with van der Waals surface area (Å²) < 4.78 is 5.24. The first-order chi connectivity index (χ1) is 8.50. The Balaban J connectivity index is 2.51. The predicted molar refractivity (Wildman–Crippen MR) is 70.5 cm³/mol. The highest BCUT2D eigenvalue weighted by atomic mass is 16.3. The van der Waals surface area contributed by atoms with Crippen LogP contribution in [0.4, 0.5) is 0 Å². The van der Waals surface area contributed by atoms with Gasteiger partial charge in [-0.1, -0.05) is 20.8 Å². The van der Waals surface area contributed by atoms with E-state index in [2.05, 4.69) is 19.2 Å². The van der Waals surface area contributed by atoms with Crippen molar-refractivity contribution in [2.75, 3.05) is 13.2 Å². The van der Waals surface area contributed by atoms with Gasteiger partial charge in [-0.2, -0.15) is 0 Å². The van der Waals surface area contributed by atoms with Gasteiger partial charge in [-0.3, -0.25) is 4.79 Å². The average Bonchev–Trinajstić information content (AvgIpc) is 2.82. The van der Waals surface area contributed by atoms with E-state index in [-0.39, 0.29) is 17.9 Å². The molecule has 1 rings (SSSR count). The Hall–Kier alpha value is -1.29. The smallest absolute Gasteiger partial charge is 0.254 e. The van der Waals surface area contributed by atoms with Crippen molar-refractivity contribution in [3.63, 3.8) is 0 Å². The highest BCUT2D eigenvalue weighted by molar-refractivity contribution is 5.95. The van der Waals surface area contributed by atoms with Gasteiger partial charge in [0.15, 0.2) is 0 Å². The third kappa shape index (κ3) is 4.18. The van der Waals surface area contributed by atoms with Gasteiger partial charge in [0, 0.05) is 19.6 Å². The highest BCUT2D eigenvalue weighted by Crippen LogP contribution is 2.21. The van der Waals surface area contributed by atoms with Gasteiger partial charge in [0.1, 0.15) is 5.76 Å². The first-order valence-electron chi connectivity index (χ1n) is 6.45. The summed E-state index contributed by atoms with van der Waals surface area (Å²) in [6, 6.07) is 1.70. The molecular weight excluding hydrogens is 230 g/mol. The minimum atomic E-state index is -0.0855. The zero-order valence-corrected chi connectivity index (χ0v) is 11.5. The number of amides is 1. The van der Waals surface area contributed by atoms with Gasteiger partial charge in [0.2, 0.25) is 0 Å². The molecule has 0 aliphatic heterocycles. The third-order valence-corrected chi connectivity index (χ3v) is 3.05. The van der Waals surface area contributed by atoms with Gasteiger partial charge in [0.25, 0.3) is 5.91 Å². The molecule has 0 radical (unpaired) electrons. The monoisotopic (exact) mass is 253 g/mol. The molecule has 2 N–H and O–H groups in total. The van der Waals surface area contributed by atoms with Crippen molar-refractivity contribution in [1.82, 2.24) is 5.32 Å². The Morgan fingerprint density at radius 2 is 2.22 bits per heavy atom. The largest absolute Gasteiger partial charge is 0.469 e. The van der Waals surface area contributed by atoms with E-state index in [9.17, 15) is 4.79 Å². The Bertz CT molecular complexity index is 382. The molecule has 0 saturated carbocycles. The number of aliphatic hydroxyl groups is 1. The SMILES string of the molecule is CCc1occc1C(=O)NCC(C)(C)CCCO. The summed E-state index contributed by atoms with van der Waals surface area (Å²) >= 11 is 0. The first-order valence-corrected chi connectivity index (χ1v) is 6.45. The van der Waals surface area contributed by atoms with Gasteiger partial charge in [0.05, 0.1) is 11.8 Å². The summed E-state index contributed by atoms with van der Waals surface area (Å²) in [5.41, 5.74) is 0.615. The van der Waals surface area contributed by atoms with Gasteiger partial charge < -0.3 is 14.8 Å². The van der Waals surface area contributed by atoms with Crippen molar-refractivity contribution in [2.24, 2.45) is 5.41 Å². The van der Waals surface area contributed by atoms with E-state index in [1.165, 1.54) is 0 Å². The topological polar surface area (TPSA) is 62.5 Å². The normalized spacial score (nSPS) is 11.6. The molecule has 0 aliphatic carbocycles. The molecule has 0 spiro atoms. The Morgan fingerprint density at radius 1 is 1.50 bits per heavy atom. The number of carbonyl (C=O) groups excluding carboxylic acids is 1. The van der Waals surface area contributed by atoms with E-state index < -0.39 is 0 Å². The second-order valence-corrected chi connectivity index (χ2v) is 5.29. The van der Waals surface area contributed by atoms with Crippen LogP contribution in [-0.2, 0) is 6.42 Å². The van der Waals surface area contributed by atoms with Crippen molar-refractivity contribution >= 4 is 5.91 Å². The van der Waals surface area contributed by atoms with Crippen LogP contribution in [-0.4, -0.2) is 24.2 Å². The fourth-order valence-electron chi connectivity index (χ4n) is 1.88. The van der Waals surface area contributed by atoms with Crippen LogP contribution in [0, 0.1) is 5.41 Å². The number of hydrogen-bond acceptors (Lipinski definition) is 3. The molecule has 0 atom stereocenters. The summed E-state index contributed by atoms with van der Waals surface area (Å²) in [5.74, 6) is 0.637. The molecule has 1 aromatic heterocycles. The molecule has 0 fully saturated rings. The Labute approximate surface area is 108 Å². The van der Waals surface area contributed by atoms with E-state index in [1.807, 2.05) is 6.92 Å². The van der Waals surface area contributed by atoms with Crippen LogP contribution in [0.25, 0.3) is 0 Å².